The number of imide groups is 1. The number of carboxylic acid groups (broad SMARTS) is 1. The molecule has 1 rings (SSSR count). The largest absolute Gasteiger partial charge is 0.464 e. The fourth-order valence-electron chi connectivity index (χ4n) is 1.23. The minimum Gasteiger partial charge on any atom is -0.464 e. The van der Waals surface area contributed by atoms with E-state index in [9.17, 15) is 9.59 Å². The molecular formula is C12H15BrN2O4. The summed E-state index contributed by atoms with van der Waals surface area (Å²) in [5.41, 5.74) is 0.110. The average molecular weight is 331 g/mol. The van der Waals surface area contributed by atoms with Gasteiger partial charge < -0.3 is 9.84 Å². The van der Waals surface area contributed by atoms with Crippen LogP contribution in [-0.2, 0) is 10.1 Å². The molecule has 0 saturated heterocycles. The zero-order valence-electron chi connectivity index (χ0n) is 10.9. The lowest BCUT2D eigenvalue weighted by Crippen LogP contribution is -2.40. The number of hydrogen-bond acceptors (Lipinski definition) is 4. The SMILES string of the molecule is CC(C)(C)OC(=O)N(C(=O)O)c1ccc(CBr)nc1. The van der Waals surface area contributed by atoms with Gasteiger partial charge in [0.2, 0.25) is 0 Å². The third-order valence-corrected chi connectivity index (χ3v) is 2.55. The minimum absolute atomic E-state index is 0.145. The second-order valence-electron chi connectivity index (χ2n) is 4.74. The Morgan fingerprint density at radius 2 is 2.05 bits per heavy atom. The van der Waals surface area contributed by atoms with E-state index in [2.05, 4.69) is 20.9 Å². The molecule has 0 fully saturated rings. The fraction of sp³-hybridized carbons (Fsp3) is 0.417. The maximum Gasteiger partial charge on any atom is 0.424 e. The first-order valence-electron chi connectivity index (χ1n) is 5.51. The summed E-state index contributed by atoms with van der Waals surface area (Å²) in [5, 5.41) is 9.66. The number of nitrogens with zero attached hydrogens (tertiary/aromatic N) is 2. The monoisotopic (exact) mass is 330 g/mol. The second-order valence-corrected chi connectivity index (χ2v) is 5.30. The van der Waals surface area contributed by atoms with Crippen molar-refractivity contribution in [1.29, 1.82) is 0 Å². The van der Waals surface area contributed by atoms with Crippen molar-refractivity contribution >= 4 is 33.8 Å². The van der Waals surface area contributed by atoms with Gasteiger partial charge in [0.25, 0.3) is 0 Å². The number of carbonyl (C=O) groups is 2. The number of rotatable bonds is 2. The van der Waals surface area contributed by atoms with Gasteiger partial charge in [0.1, 0.15) is 5.60 Å². The number of amides is 2. The highest BCUT2D eigenvalue weighted by Gasteiger charge is 2.28. The van der Waals surface area contributed by atoms with Crippen molar-refractivity contribution in [3.63, 3.8) is 0 Å². The summed E-state index contributed by atoms with van der Waals surface area (Å²) in [6.07, 6.45) is -1.05. The van der Waals surface area contributed by atoms with Crippen LogP contribution in [0.1, 0.15) is 26.5 Å². The average Bonchev–Trinajstić information content (AvgIpc) is 2.27. The van der Waals surface area contributed by atoms with E-state index in [-0.39, 0.29) is 5.69 Å². The van der Waals surface area contributed by atoms with Crippen molar-refractivity contribution in [2.45, 2.75) is 31.7 Å². The van der Waals surface area contributed by atoms with Gasteiger partial charge in [0.05, 0.1) is 17.6 Å². The van der Waals surface area contributed by atoms with E-state index in [1.807, 2.05) is 0 Å². The summed E-state index contributed by atoms with van der Waals surface area (Å²) in [5.74, 6) is 0. The molecule has 0 spiro atoms. The molecule has 0 aromatic carbocycles. The summed E-state index contributed by atoms with van der Waals surface area (Å²) in [6.45, 7) is 4.99. The molecule has 6 nitrogen and oxygen atoms in total. The van der Waals surface area contributed by atoms with Gasteiger partial charge in [0, 0.05) is 5.33 Å². The predicted octanol–water partition coefficient (Wildman–Crippen LogP) is 3.40. The summed E-state index contributed by atoms with van der Waals surface area (Å²) in [7, 11) is 0. The van der Waals surface area contributed by atoms with Crippen LogP contribution in [-0.4, -0.2) is 27.9 Å². The minimum atomic E-state index is -1.41. The molecule has 2 amide bonds. The van der Waals surface area contributed by atoms with E-state index in [4.69, 9.17) is 9.84 Å². The standard InChI is InChI=1S/C12H15BrN2O4/c1-12(2,3)19-11(18)15(10(16)17)9-5-4-8(6-13)14-7-9/h4-5,7H,6H2,1-3H3,(H,16,17). The molecule has 0 bridgehead atoms. The number of halogens is 1. The van der Waals surface area contributed by atoms with Crippen LogP contribution in [0.3, 0.4) is 0 Å². The number of ether oxygens (including phenoxy) is 1. The molecule has 0 radical (unpaired) electrons. The van der Waals surface area contributed by atoms with Gasteiger partial charge in [-0.1, -0.05) is 15.9 Å². The lowest BCUT2D eigenvalue weighted by Gasteiger charge is -2.24. The van der Waals surface area contributed by atoms with Crippen LogP contribution < -0.4 is 4.90 Å². The Hall–Kier alpha value is -1.63. The molecule has 1 heterocycles. The first-order valence-corrected chi connectivity index (χ1v) is 6.63. The molecule has 0 aliphatic heterocycles. The summed E-state index contributed by atoms with van der Waals surface area (Å²) >= 11 is 3.23. The lowest BCUT2D eigenvalue weighted by atomic mass is 10.2. The van der Waals surface area contributed by atoms with E-state index in [1.54, 1.807) is 26.8 Å². The van der Waals surface area contributed by atoms with Crippen molar-refractivity contribution in [3.05, 3.63) is 24.0 Å². The molecule has 1 aromatic heterocycles. The zero-order chi connectivity index (χ0) is 14.6. The van der Waals surface area contributed by atoms with Crippen molar-refractivity contribution in [2.24, 2.45) is 0 Å². The van der Waals surface area contributed by atoms with Crippen LogP contribution in [0.4, 0.5) is 15.3 Å². The molecule has 0 saturated carbocycles. The molecule has 1 aromatic rings. The number of aromatic nitrogens is 1. The Morgan fingerprint density at radius 1 is 1.42 bits per heavy atom. The van der Waals surface area contributed by atoms with Gasteiger partial charge in [-0.2, -0.15) is 4.90 Å². The first kappa shape index (κ1) is 15.4. The zero-order valence-corrected chi connectivity index (χ0v) is 12.5. The highest BCUT2D eigenvalue weighted by molar-refractivity contribution is 9.08. The Bertz CT molecular complexity index is 468. The molecule has 0 atom stereocenters. The van der Waals surface area contributed by atoms with E-state index >= 15 is 0 Å². The molecule has 19 heavy (non-hydrogen) atoms. The number of hydrogen-bond donors (Lipinski definition) is 1. The predicted molar refractivity (Wildman–Crippen MR) is 73.6 cm³/mol. The molecule has 7 heteroatoms. The normalized spacial score (nSPS) is 10.9. The fourth-order valence-corrected chi connectivity index (χ4v) is 1.56. The van der Waals surface area contributed by atoms with Gasteiger partial charge in [-0.15, -0.1) is 0 Å². The van der Waals surface area contributed by atoms with E-state index in [0.717, 1.165) is 5.69 Å². The summed E-state index contributed by atoms with van der Waals surface area (Å²) < 4.78 is 5.04. The van der Waals surface area contributed by atoms with Crippen LogP contribution >= 0.6 is 15.9 Å². The van der Waals surface area contributed by atoms with E-state index in [1.165, 1.54) is 12.3 Å². The highest BCUT2D eigenvalue weighted by atomic mass is 79.9. The van der Waals surface area contributed by atoms with Gasteiger partial charge >= 0.3 is 12.2 Å². The van der Waals surface area contributed by atoms with Crippen molar-refractivity contribution in [2.75, 3.05) is 4.90 Å². The van der Waals surface area contributed by atoms with Crippen molar-refractivity contribution in [1.82, 2.24) is 4.98 Å². The van der Waals surface area contributed by atoms with Gasteiger partial charge in [-0.3, -0.25) is 4.98 Å². The number of pyridine rings is 1. The molecule has 104 valence electrons. The van der Waals surface area contributed by atoms with Crippen LogP contribution in [0.15, 0.2) is 18.3 Å². The Balaban J connectivity index is 3.00. The van der Waals surface area contributed by atoms with Gasteiger partial charge in [0.15, 0.2) is 0 Å². The topological polar surface area (TPSA) is 79.7 Å². The number of alkyl halides is 1. The third kappa shape index (κ3) is 4.51. The quantitative estimate of drug-likeness (QED) is 0.840. The smallest absolute Gasteiger partial charge is 0.424 e. The Labute approximate surface area is 119 Å². The molecule has 1 N–H and O–H groups in total. The molecule has 0 unspecified atom stereocenters. The number of carbonyl (C=O) groups excluding carboxylic acids is 1. The first-order chi connectivity index (χ1) is 8.74. The van der Waals surface area contributed by atoms with Crippen molar-refractivity contribution in [3.8, 4) is 0 Å². The molecule has 0 aliphatic rings. The highest BCUT2D eigenvalue weighted by Crippen LogP contribution is 2.18. The van der Waals surface area contributed by atoms with E-state index < -0.39 is 17.8 Å². The van der Waals surface area contributed by atoms with Crippen LogP contribution in [0, 0.1) is 0 Å². The summed E-state index contributed by atoms with van der Waals surface area (Å²) in [6, 6.07) is 3.13. The van der Waals surface area contributed by atoms with Crippen molar-refractivity contribution < 1.29 is 19.4 Å². The Morgan fingerprint density at radius 3 is 2.42 bits per heavy atom. The third-order valence-electron chi connectivity index (χ3n) is 1.97. The maximum absolute atomic E-state index is 11.8. The second kappa shape index (κ2) is 6.01. The van der Waals surface area contributed by atoms with Gasteiger partial charge in [-0.25, -0.2) is 9.59 Å². The van der Waals surface area contributed by atoms with Crippen LogP contribution in [0.2, 0.25) is 0 Å². The molecular weight excluding hydrogens is 316 g/mol. The van der Waals surface area contributed by atoms with Gasteiger partial charge in [-0.05, 0) is 32.9 Å². The maximum atomic E-state index is 11.8. The lowest BCUT2D eigenvalue weighted by molar-refractivity contribution is 0.0582. The molecule has 0 aliphatic carbocycles. The van der Waals surface area contributed by atoms with Crippen LogP contribution in [0.25, 0.3) is 0 Å². The van der Waals surface area contributed by atoms with E-state index in [0.29, 0.717) is 10.2 Å². The summed E-state index contributed by atoms with van der Waals surface area (Å²) in [4.78, 5) is 27.6. The van der Waals surface area contributed by atoms with Crippen LogP contribution in [0.5, 0.6) is 0 Å². The Kier molecular flexibility index (Phi) is 4.88. The number of anilines is 1.